The molecule has 2 saturated heterocycles. The lowest BCUT2D eigenvalue weighted by molar-refractivity contribution is -0.127. The number of morpholine rings is 1. The average molecular weight is 502 g/mol. The minimum absolute atomic E-state index is 0.0206. The number of ether oxygens (including phenoxy) is 1. The van der Waals surface area contributed by atoms with Crippen molar-refractivity contribution < 1.29 is 9.53 Å². The van der Waals surface area contributed by atoms with Gasteiger partial charge in [-0.2, -0.15) is 5.10 Å². The Morgan fingerprint density at radius 1 is 1.11 bits per heavy atom. The Labute approximate surface area is 217 Å². The standard InChI is InChI=1S/C28H35N7O2/c1-2-24(36)34-13-5-6-21(17-34)35-28-25(27(29)30-18-31-28)26(32-35)20-11-9-19(10-12-20)16-33-14-15-37-23-8-4-3-7-22(23)33/h2,9-12,18,21-23H,1,3-8,13-17H2,(H2,29,30,31). The summed E-state index contributed by atoms with van der Waals surface area (Å²) in [5.74, 6) is 0.368. The first-order valence-electron chi connectivity index (χ1n) is 13.5. The fourth-order valence-corrected chi connectivity index (χ4v) is 6.31. The van der Waals surface area contributed by atoms with Gasteiger partial charge in [-0.1, -0.05) is 43.7 Å². The summed E-state index contributed by atoms with van der Waals surface area (Å²) in [4.78, 5) is 25.5. The number of nitrogens with two attached hydrogens (primary N) is 1. The summed E-state index contributed by atoms with van der Waals surface area (Å²) < 4.78 is 8.00. The molecule has 4 heterocycles. The molecule has 194 valence electrons. The van der Waals surface area contributed by atoms with Crippen molar-refractivity contribution in [1.29, 1.82) is 0 Å². The first-order valence-corrected chi connectivity index (χ1v) is 13.5. The molecule has 0 bridgehead atoms. The van der Waals surface area contributed by atoms with Crippen LogP contribution < -0.4 is 5.73 Å². The van der Waals surface area contributed by atoms with Gasteiger partial charge in [0.15, 0.2) is 5.65 Å². The van der Waals surface area contributed by atoms with E-state index in [-0.39, 0.29) is 11.9 Å². The number of piperidine rings is 1. The van der Waals surface area contributed by atoms with Crippen molar-refractivity contribution >= 4 is 22.8 Å². The molecule has 1 saturated carbocycles. The highest BCUT2D eigenvalue weighted by atomic mass is 16.5. The zero-order chi connectivity index (χ0) is 25.4. The Bertz CT molecular complexity index is 1290. The molecule has 37 heavy (non-hydrogen) atoms. The second-order valence-electron chi connectivity index (χ2n) is 10.5. The molecule has 1 amide bonds. The van der Waals surface area contributed by atoms with Gasteiger partial charge in [0.25, 0.3) is 0 Å². The maximum absolute atomic E-state index is 12.3. The fourth-order valence-electron chi connectivity index (χ4n) is 6.31. The van der Waals surface area contributed by atoms with Gasteiger partial charge in [-0.05, 0) is 37.3 Å². The van der Waals surface area contributed by atoms with Crippen LogP contribution in [0.15, 0.2) is 43.2 Å². The molecule has 3 fully saturated rings. The molecule has 6 rings (SSSR count). The van der Waals surface area contributed by atoms with Crippen LogP contribution in [0.5, 0.6) is 0 Å². The van der Waals surface area contributed by atoms with Gasteiger partial charge in [0.05, 0.1) is 24.1 Å². The van der Waals surface area contributed by atoms with Crippen LogP contribution in [0.25, 0.3) is 22.3 Å². The topological polar surface area (TPSA) is 102 Å². The van der Waals surface area contributed by atoms with Gasteiger partial charge in [-0.3, -0.25) is 9.69 Å². The number of fused-ring (bicyclic) bond motifs is 2. The summed E-state index contributed by atoms with van der Waals surface area (Å²) in [5, 5.41) is 5.77. The van der Waals surface area contributed by atoms with Gasteiger partial charge in [0, 0.05) is 37.8 Å². The Morgan fingerprint density at radius 2 is 1.95 bits per heavy atom. The van der Waals surface area contributed by atoms with E-state index in [1.54, 1.807) is 0 Å². The SMILES string of the molecule is C=CC(=O)N1CCCC(n2nc(-c3ccc(CN4CCOC5CCCCC54)cc3)c3c(N)ncnc32)C1. The number of rotatable bonds is 5. The lowest BCUT2D eigenvalue weighted by Crippen LogP contribution is -2.52. The number of aromatic nitrogens is 4. The summed E-state index contributed by atoms with van der Waals surface area (Å²) >= 11 is 0. The maximum Gasteiger partial charge on any atom is 0.246 e. The zero-order valence-corrected chi connectivity index (χ0v) is 21.3. The van der Waals surface area contributed by atoms with Crippen LogP contribution in [0.1, 0.15) is 50.1 Å². The van der Waals surface area contributed by atoms with Gasteiger partial charge in [-0.15, -0.1) is 0 Å². The molecule has 2 aliphatic heterocycles. The lowest BCUT2D eigenvalue weighted by Gasteiger charge is -2.43. The van der Waals surface area contributed by atoms with Crippen molar-refractivity contribution in [3.63, 3.8) is 0 Å². The van der Waals surface area contributed by atoms with Crippen LogP contribution in [0, 0.1) is 0 Å². The van der Waals surface area contributed by atoms with Gasteiger partial charge in [0.2, 0.25) is 5.91 Å². The molecule has 3 aliphatic rings. The third kappa shape index (κ3) is 4.62. The number of hydrogen-bond acceptors (Lipinski definition) is 7. The van der Waals surface area contributed by atoms with E-state index in [1.165, 1.54) is 43.7 Å². The second-order valence-corrected chi connectivity index (χ2v) is 10.5. The number of anilines is 1. The molecule has 9 nitrogen and oxygen atoms in total. The Balaban J connectivity index is 1.27. The third-order valence-electron chi connectivity index (χ3n) is 8.21. The van der Waals surface area contributed by atoms with E-state index >= 15 is 0 Å². The van der Waals surface area contributed by atoms with Crippen molar-refractivity contribution in [2.45, 2.75) is 63.3 Å². The predicted molar refractivity (Wildman–Crippen MR) is 143 cm³/mol. The highest BCUT2D eigenvalue weighted by Crippen LogP contribution is 2.34. The number of amides is 1. The van der Waals surface area contributed by atoms with Crippen LogP contribution in [0.3, 0.4) is 0 Å². The lowest BCUT2D eigenvalue weighted by atomic mass is 9.90. The van der Waals surface area contributed by atoms with Crippen LogP contribution in [0.4, 0.5) is 5.82 Å². The van der Waals surface area contributed by atoms with Crippen LogP contribution >= 0.6 is 0 Å². The number of likely N-dealkylation sites (tertiary alicyclic amines) is 1. The summed E-state index contributed by atoms with van der Waals surface area (Å²) in [6, 6.07) is 9.19. The summed E-state index contributed by atoms with van der Waals surface area (Å²) in [5.41, 5.74) is 10.1. The number of nitrogen functional groups attached to an aromatic ring is 1. The maximum atomic E-state index is 12.3. The van der Waals surface area contributed by atoms with Crippen LogP contribution in [0.2, 0.25) is 0 Å². The summed E-state index contributed by atoms with van der Waals surface area (Å²) in [6.07, 6.45) is 10.0. The molecule has 1 aromatic carbocycles. The smallest absolute Gasteiger partial charge is 0.246 e. The quantitative estimate of drug-likeness (QED) is 0.533. The van der Waals surface area contributed by atoms with E-state index in [1.807, 2.05) is 9.58 Å². The van der Waals surface area contributed by atoms with E-state index in [4.69, 9.17) is 15.6 Å². The van der Waals surface area contributed by atoms with E-state index < -0.39 is 0 Å². The van der Waals surface area contributed by atoms with Crippen molar-refractivity contribution in [2.24, 2.45) is 0 Å². The Morgan fingerprint density at radius 3 is 2.78 bits per heavy atom. The number of nitrogens with zero attached hydrogens (tertiary/aromatic N) is 6. The highest BCUT2D eigenvalue weighted by Gasteiger charge is 2.34. The van der Waals surface area contributed by atoms with Gasteiger partial charge >= 0.3 is 0 Å². The third-order valence-corrected chi connectivity index (χ3v) is 8.21. The molecule has 2 N–H and O–H groups in total. The van der Waals surface area contributed by atoms with E-state index in [0.29, 0.717) is 30.2 Å². The van der Waals surface area contributed by atoms with Crippen LogP contribution in [-0.4, -0.2) is 73.8 Å². The zero-order valence-electron chi connectivity index (χ0n) is 21.3. The molecule has 1 aliphatic carbocycles. The first kappa shape index (κ1) is 24.1. The van der Waals surface area contributed by atoms with Crippen LogP contribution in [-0.2, 0) is 16.1 Å². The number of carbonyl (C=O) groups excluding carboxylic acids is 1. The van der Waals surface area contributed by atoms with Gasteiger partial charge in [0.1, 0.15) is 17.8 Å². The second kappa shape index (κ2) is 10.2. The molecule has 3 atom stereocenters. The molecule has 2 aromatic heterocycles. The predicted octanol–water partition coefficient (Wildman–Crippen LogP) is 3.57. The minimum atomic E-state index is -0.0501. The molecule has 3 aromatic rings. The van der Waals surface area contributed by atoms with Crippen molar-refractivity contribution in [1.82, 2.24) is 29.5 Å². The first-order chi connectivity index (χ1) is 18.1. The Kier molecular flexibility index (Phi) is 6.65. The molecular formula is C28H35N7O2. The highest BCUT2D eigenvalue weighted by molar-refractivity contribution is 5.98. The van der Waals surface area contributed by atoms with Crippen molar-refractivity contribution in [3.8, 4) is 11.3 Å². The number of hydrogen-bond donors (Lipinski definition) is 1. The van der Waals surface area contributed by atoms with Crippen molar-refractivity contribution in [2.75, 3.05) is 32.0 Å². The van der Waals surface area contributed by atoms with Crippen molar-refractivity contribution in [3.05, 3.63) is 48.8 Å². The van der Waals surface area contributed by atoms with Gasteiger partial charge in [-0.25, -0.2) is 14.6 Å². The Hall–Kier alpha value is -3.30. The molecular weight excluding hydrogens is 466 g/mol. The number of benzene rings is 1. The van der Waals surface area contributed by atoms with E-state index in [2.05, 4.69) is 45.7 Å². The van der Waals surface area contributed by atoms with E-state index in [0.717, 1.165) is 55.7 Å². The monoisotopic (exact) mass is 501 g/mol. The van der Waals surface area contributed by atoms with Gasteiger partial charge < -0.3 is 15.4 Å². The molecule has 3 unspecified atom stereocenters. The normalized spacial score (nSPS) is 24.6. The largest absolute Gasteiger partial charge is 0.383 e. The molecule has 0 spiro atoms. The molecule has 9 heteroatoms. The molecule has 0 radical (unpaired) electrons. The number of carbonyl (C=O) groups is 1. The summed E-state index contributed by atoms with van der Waals surface area (Å²) in [6.45, 7) is 7.68. The summed E-state index contributed by atoms with van der Waals surface area (Å²) in [7, 11) is 0. The average Bonchev–Trinajstić information content (AvgIpc) is 3.34. The minimum Gasteiger partial charge on any atom is -0.383 e. The van der Waals surface area contributed by atoms with E-state index in [9.17, 15) is 4.79 Å². The fraction of sp³-hybridized carbons (Fsp3) is 0.500.